The molecule has 3 rings (SSSR count). The lowest BCUT2D eigenvalue weighted by atomic mass is 9.90. The summed E-state index contributed by atoms with van der Waals surface area (Å²) in [4.78, 5) is 27.5. The van der Waals surface area contributed by atoms with Crippen LogP contribution in [0.3, 0.4) is 0 Å². The van der Waals surface area contributed by atoms with E-state index in [-0.39, 0.29) is 30.9 Å². The zero-order chi connectivity index (χ0) is 24.5. The number of fused-ring (bicyclic) bond motifs is 1. The summed E-state index contributed by atoms with van der Waals surface area (Å²) >= 11 is 0. The SMILES string of the molecule is CCOC(=O)C[C@H]1c2cc(OCC)c(OCC)cc2CCN1CC(=O)Nc1cccc(CC)c1. The topological polar surface area (TPSA) is 77.1 Å². The molecule has 7 heteroatoms. The molecular weight excluding hydrogens is 432 g/mol. The summed E-state index contributed by atoms with van der Waals surface area (Å²) in [5.74, 6) is 0.967. The number of carbonyl (C=O) groups is 2. The number of hydrogen-bond donors (Lipinski definition) is 1. The molecule has 0 radical (unpaired) electrons. The van der Waals surface area contributed by atoms with Crippen molar-refractivity contribution in [2.24, 2.45) is 0 Å². The minimum absolute atomic E-state index is 0.110. The van der Waals surface area contributed by atoms with Crippen molar-refractivity contribution < 1.29 is 23.8 Å². The summed E-state index contributed by atoms with van der Waals surface area (Å²) in [6, 6.07) is 11.5. The maximum atomic E-state index is 12.9. The van der Waals surface area contributed by atoms with Crippen LogP contribution in [0, 0.1) is 0 Å². The third-order valence-corrected chi connectivity index (χ3v) is 5.90. The largest absolute Gasteiger partial charge is 0.490 e. The molecule has 0 fully saturated rings. The highest BCUT2D eigenvalue weighted by Gasteiger charge is 2.32. The molecule has 0 bridgehead atoms. The molecule has 1 N–H and O–H groups in total. The highest BCUT2D eigenvalue weighted by Crippen LogP contribution is 2.40. The number of aryl methyl sites for hydroxylation is 1. The van der Waals surface area contributed by atoms with Crippen LogP contribution in [0.1, 0.15) is 56.8 Å². The molecular formula is C27H36N2O5. The van der Waals surface area contributed by atoms with Crippen molar-refractivity contribution in [1.82, 2.24) is 4.90 Å². The molecule has 0 unspecified atom stereocenters. The van der Waals surface area contributed by atoms with Crippen molar-refractivity contribution in [1.29, 1.82) is 0 Å². The van der Waals surface area contributed by atoms with Crippen LogP contribution in [0.4, 0.5) is 5.69 Å². The number of nitrogens with zero attached hydrogens (tertiary/aromatic N) is 1. The Bertz CT molecular complexity index is 991. The zero-order valence-electron chi connectivity index (χ0n) is 20.7. The van der Waals surface area contributed by atoms with Gasteiger partial charge < -0.3 is 19.5 Å². The zero-order valence-corrected chi connectivity index (χ0v) is 20.7. The molecule has 1 atom stereocenters. The maximum absolute atomic E-state index is 12.9. The summed E-state index contributed by atoms with van der Waals surface area (Å²) in [6.07, 6.45) is 1.82. The van der Waals surface area contributed by atoms with Gasteiger partial charge in [-0.05, 0) is 74.6 Å². The molecule has 184 valence electrons. The molecule has 0 saturated carbocycles. The molecule has 1 aliphatic heterocycles. The van der Waals surface area contributed by atoms with Crippen LogP contribution >= 0.6 is 0 Å². The third-order valence-electron chi connectivity index (χ3n) is 5.90. The van der Waals surface area contributed by atoms with E-state index in [0.717, 1.165) is 29.7 Å². The standard InChI is InChI=1S/C27H36N2O5/c1-5-19-10-9-11-21(14-19)28-26(30)18-29-13-12-20-15-24(32-6-2)25(33-7-3)16-22(20)23(29)17-27(31)34-8-4/h9-11,14-16,23H,5-8,12-13,17-18H2,1-4H3,(H,28,30)/t23-/m0/s1. The Hall–Kier alpha value is -3.06. The Balaban J connectivity index is 1.86. The Morgan fingerprint density at radius 1 is 1.00 bits per heavy atom. The first-order valence-corrected chi connectivity index (χ1v) is 12.2. The van der Waals surface area contributed by atoms with Crippen molar-refractivity contribution in [2.45, 2.75) is 53.0 Å². The minimum Gasteiger partial charge on any atom is -0.490 e. The van der Waals surface area contributed by atoms with Gasteiger partial charge in [-0.3, -0.25) is 14.5 Å². The molecule has 7 nitrogen and oxygen atoms in total. The van der Waals surface area contributed by atoms with Gasteiger partial charge >= 0.3 is 5.97 Å². The van der Waals surface area contributed by atoms with Gasteiger partial charge in [0.25, 0.3) is 0 Å². The minimum atomic E-state index is -0.287. The van der Waals surface area contributed by atoms with E-state index in [1.54, 1.807) is 6.92 Å². The summed E-state index contributed by atoms with van der Waals surface area (Å²) < 4.78 is 16.9. The predicted octanol–water partition coefficient (Wildman–Crippen LogP) is 4.54. The van der Waals surface area contributed by atoms with Gasteiger partial charge in [0.15, 0.2) is 11.5 Å². The second-order valence-corrected chi connectivity index (χ2v) is 8.21. The first-order chi connectivity index (χ1) is 16.5. The second-order valence-electron chi connectivity index (χ2n) is 8.21. The van der Waals surface area contributed by atoms with Gasteiger partial charge in [0.05, 0.1) is 32.8 Å². The van der Waals surface area contributed by atoms with Crippen molar-refractivity contribution >= 4 is 17.6 Å². The first-order valence-electron chi connectivity index (χ1n) is 12.2. The smallest absolute Gasteiger partial charge is 0.307 e. The number of nitrogens with one attached hydrogen (secondary N) is 1. The average molecular weight is 469 g/mol. The van der Waals surface area contributed by atoms with Crippen LogP contribution in [0.5, 0.6) is 11.5 Å². The van der Waals surface area contributed by atoms with Gasteiger partial charge in [0.1, 0.15) is 0 Å². The number of ether oxygens (including phenoxy) is 3. The number of rotatable bonds is 11. The van der Waals surface area contributed by atoms with E-state index in [9.17, 15) is 9.59 Å². The maximum Gasteiger partial charge on any atom is 0.307 e. The predicted molar refractivity (Wildman–Crippen MR) is 132 cm³/mol. The molecule has 0 spiro atoms. The second kappa shape index (κ2) is 12.4. The van der Waals surface area contributed by atoms with Crippen molar-refractivity contribution in [3.63, 3.8) is 0 Å². The van der Waals surface area contributed by atoms with E-state index in [1.165, 1.54) is 5.56 Å². The first kappa shape index (κ1) is 25.6. The Labute approximate surface area is 202 Å². The van der Waals surface area contributed by atoms with Gasteiger partial charge in [-0.25, -0.2) is 0 Å². The van der Waals surface area contributed by atoms with Crippen LogP contribution in [-0.4, -0.2) is 49.7 Å². The van der Waals surface area contributed by atoms with E-state index in [0.29, 0.717) is 37.9 Å². The Morgan fingerprint density at radius 2 is 1.74 bits per heavy atom. The molecule has 2 aromatic rings. The molecule has 0 saturated heterocycles. The molecule has 0 aliphatic carbocycles. The number of benzene rings is 2. The van der Waals surface area contributed by atoms with Crippen LogP contribution in [-0.2, 0) is 27.2 Å². The average Bonchev–Trinajstić information content (AvgIpc) is 2.82. The normalized spacial score (nSPS) is 15.4. The van der Waals surface area contributed by atoms with Crippen LogP contribution in [0.15, 0.2) is 36.4 Å². The number of carbonyl (C=O) groups excluding carboxylic acids is 2. The van der Waals surface area contributed by atoms with E-state index in [1.807, 2.05) is 55.1 Å². The fourth-order valence-corrected chi connectivity index (χ4v) is 4.36. The number of esters is 1. The number of anilines is 1. The fraction of sp³-hybridized carbons (Fsp3) is 0.481. The number of amides is 1. The van der Waals surface area contributed by atoms with Gasteiger partial charge in [0.2, 0.25) is 5.91 Å². The van der Waals surface area contributed by atoms with E-state index in [4.69, 9.17) is 14.2 Å². The van der Waals surface area contributed by atoms with Crippen molar-refractivity contribution in [3.05, 3.63) is 53.1 Å². The van der Waals surface area contributed by atoms with Crippen molar-refractivity contribution in [3.8, 4) is 11.5 Å². The Kier molecular flexibility index (Phi) is 9.33. The summed E-state index contributed by atoms with van der Waals surface area (Å²) in [7, 11) is 0. The molecule has 34 heavy (non-hydrogen) atoms. The highest BCUT2D eigenvalue weighted by molar-refractivity contribution is 5.92. The van der Waals surface area contributed by atoms with Gasteiger partial charge in [-0.15, -0.1) is 0 Å². The third kappa shape index (κ3) is 6.50. The van der Waals surface area contributed by atoms with E-state index in [2.05, 4.69) is 12.2 Å². The highest BCUT2D eigenvalue weighted by atomic mass is 16.5. The lowest BCUT2D eigenvalue weighted by molar-refractivity contribution is -0.145. The Morgan fingerprint density at radius 3 is 2.41 bits per heavy atom. The summed E-state index contributed by atoms with van der Waals surface area (Å²) in [5, 5.41) is 3.00. The molecule has 2 aromatic carbocycles. The molecule has 1 aliphatic rings. The van der Waals surface area contributed by atoms with E-state index < -0.39 is 0 Å². The van der Waals surface area contributed by atoms with E-state index >= 15 is 0 Å². The summed E-state index contributed by atoms with van der Waals surface area (Å²) in [5.41, 5.74) is 4.03. The molecule has 0 aromatic heterocycles. The van der Waals surface area contributed by atoms with Gasteiger partial charge in [-0.2, -0.15) is 0 Å². The van der Waals surface area contributed by atoms with Gasteiger partial charge in [-0.1, -0.05) is 19.1 Å². The molecule has 1 heterocycles. The van der Waals surface area contributed by atoms with Crippen LogP contribution in [0.25, 0.3) is 0 Å². The quantitative estimate of drug-likeness (QED) is 0.488. The van der Waals surface area contributed by atoms with Crippen LogP contribution in [0.2, 0.25) is 0 Å². The van der Waals surface area contributed by atoms with Gasteiger partial charge in [0, 0.05) is 18.3 Å². The lowest BCUT2D eigenvalue weighted by Gasteiger charge is -2.37. The number of hydrogen-bond acceptors (Lipinski definition) is 6. The molecule has 1 amide bonds. The lowest BCUT2D eigenvalue weighted by Crippen LogP contribution is -2.41. The van der Waals surface area contributed by atoms with Crippen molar-refractivity contribution in [2.75, 3.05) is 38.2 Å². The monoisotopic (exact) mass is 468 g/mol. The van der Waals surface area contributed by atoms with Crippen LogP contribution < -0.4 is 14.8 Å². The summed E-state index contributed by atoms with van der Waals surface area (Å²) in [6.45, 7) is 9.94. The fourth-order valence-electron chi connectivity index (χ4n) is 4.36.